The first-order chi connectivity index (χ1) is 9.83. The smallest absolute Gasteiger partial charge is 0.126 e. The third-order valence-corrected chi connectivity index (χ3v) is 5.10. The van der Waals surface area contributed by atoms with Crippen molar-refractivity contribution in [3.63, 3.8) is 0 Å². The Morgan fingerprint density at radius 2 is 1.71 bits per heavy atom. The van der Waals surface area contributed by atoms with Crippen LogP contribution in [0.25, 0.3) is 0 Å². The maximum atomic E-state index is 13.3. The molecule has 0 aromatic heterocycles. The topological polar surface area (TPSA) is 29.3 Å². The summed E-state index contributed by atoms with van der Waals surface area (Å²) in [4.78, 5) is 2.21. The average Bonchev–Trinajstić information content (AvgIpc) is 2.38. The number of benzene rings is 1. The lowest BCUT2D eigenvalue weighted by Crippen LogP contribution is -2.59. The van der Waals surface area contributed by atoms with E-state index in [0.717, 1.165) is 37.7 Å². The first-order valence-electron chi connectivity index (χ1n) is 7.71. The third kappa shape index (κ3) is 3.61. The van der Waals surface area contributed by atoms with Gasteiger partial charge >= 0.3 is 0 Å². The molecule has 2 nitrogen and oxygen atoms in total. The van der Waals surface area contributed by atoms with Crippen molar-refractivity contribution in [2.45, 2.75) is 50.6 Å². The number of hydrogen-bond acceptors (Lipinski definition) is 2. The normalized spacial score (nSPS) is 27.9. The summed E-state index contributed by atoms with van der Waals surface area (Å²) in [5, 5.41) is 0. The summed E-state index contributed by atoms with van der Waals surface area (Å²) in [5.41, 5.74) is 7.04. The summed E-state index contributed by atoms with van der Waals surface area (Å²) in [7, 11) is 4.12. The predicted molar refractivity (Wildman–Crippen MR) is 82.1 cm³/mol. The van der Waals surface area contributed by atoms with Crippen LogP contribution in [-0.4, -0.2) is 30.6 Å². The number of likely N-dealkylation sites (N-methyl/N-ethyl adjacent to an activating group) is 1. The molecule has 0 amide bonds. The summed E-state index contributed by atoms with van der Waals surface area (Å²) >= 11 is 0. The van der Waals surface area contributed by atoms with E-state index in [1.807, 2.05) is 0 Å². The van der Waals surface area contributed by atoms with E-state index in [2.05, 4.69) is 25.9 Å². The lowest BCUT2D eigenvalue weighted by molar-refractivity contribution is 0.0568. The molecule has 118 valence electrons. The molecule has 0 radical (unpaired) electrons. The van der Waals surface area contributed by atoms with Crippen LogP contribution in [0.3, 0.4) is 0 Å². The molecule has 0 bridgehead atoms. The standard InChI is InChI=1S/C17H26F2N2/c1-12-4-6-17(7-5-12,21(2)3)16(20)10-13-8-14(18)11-15(19)9-13/h8-9,11-12,16H,4-7,10,20H2,1-3H3. The van der Waals surface area contributed by atoms with Gasteiger partial charge in [-0.25, -0.2) is 8.78 Å². The Labute approximate surface area is 126 Å². The van der Waals surface area contributed by atoms with Crippen LogP contribution >= 0.6 is 0 Å². The summed E-state index contributed by atoms with van der Waals surface area (Å²) in [5.74, 6) is -0.335. The number of rotatable bonds is 4. The Kier molecular flexibility index (Phi) is 4.99. The van der Waals surface area contributed by atoms with Gasteiger partial charge < -0.3 is 10.6 Å². The number of nitrogens with two attached hydrogens (primary N) is 1. The van der Waals surface area contributed by atoms with Gasteiger partial charge in [0.15, 0.2) is 0 Å². The van der Waals surface area contributed by atoms with Gasteiger partial charge in [0.2, 0.25) is 0 Å². The first-order valence-corrected chi connectivity index (χ1v) is 7.71. The van der Waals surface area contributed by atoms with Gasteiger partial charge in [0, 0.05) is 17.6 Å². The maximum Gasteiger partial charge on any atom is 0.126 e. The van der Waals surface area contributed by atoms with Gasteiger partial charge in [-0.2, -0.15) is 0 Å². The van der Waals surface area contributed by atoms with Gasteiger partial charge in [-0.1, -0.05) is 6.92 Å². The Morgan fingerprint density at radius 3 is 2.19 bits per heavy atom. The minimum atomic E-state index is -0.534. The summed E-state index contributed by atoms with van der Waals surface area (Å²) in [6.45, 7) is 2.27. The molecule has 1 aromatic carbocycles. The van der Waals surface area contributed by atoms with Crippen LogP contribution in [0, 0.1) is 17.6 Å². The Bertz CT molecular complexity index is 459. The maximum absolute atomic E-state index is 13.3. The Morgan fingerprint density at radius 1 is 1.19 bits per heavy atom. The van der Waals surface area contributed by atoms with Gasteiger partial charge in [-0.3, -0.25) is 0 Å². The van der Waals surface area contributed by atoms with Crippen LogP contribution in [0.15, 0.2) is 18.2 Å². The lowest BCUT2D eigenvalue weighted by Gasteiger charge is -2.48. The molecule has 1 saturated carbocycles. The highest BCUT2D eigenvalue weighted by atomic mass is 19.1. The number of halogens is 2. The summed E-state index contributed by atoms with van der Waals surface area (Å²) < 4.78 is 26.7. The van der Waals surface area contributed by atoms with Crippen molar-refractivity contribution < 1.29 is 8.78 Å². The van der Waals surface area contributed by atoms with Crippen molar-refractivity contribution in [2.24, 2.45) is 11.7 Å². The van der Waals surface area contributed by atoms with Crippen LogP contribution in [-0.2, 0) is 6.42 Å². The molecule has 2 rings (SSSR count). The van der Waals surface area contributed by atoms with E-state index in [0.29, 0.717) is 12.0 Å². The molecule has 1 fully saturated rings. The van der Waals surface area contributed by atoms with Crippen molar-refractivity contribution in [3.05, 3.63) is 35.4 Å². The van der Waals surface area contributed by atoms with Gasteiger partial charge in [0.05, 0.1) is 0 Å². The zero-order valence-electron chi connectivity index (χ0n) is 13.2. The fourth-order valence-corrected chi connectivity index (χ4v) is 3.58. The fraction of sp³-hybridized carbons (Fsp3) is 0.647. The summed E-state index contributed by atoms with van der Waals surface area (Å²) in [6, 6.07) is 3.55. The lowest BCUT2D eigenvalue weighted by atomic mass is 9.71. The monoisotopic (exact) mass is 296 g/mol. The molecule has 4 heteroatoms. The quantitative estimate of drug-likeness (QED) is 0.923. The SMILES string of the molecule is CC1CCC(C(N)Cc2cc(F)cc(F)c2)(N(C)C)CC1. The molecule has 21 heavy (non-hydrogen) atoms. The van der Waals surface area contributed by atoms with Crippen LogP contribution in [0.4, 0.5) is 8.78 Å². The molecule has 0 saturated heterocycles. The molecule has 0 spiro atoms. The molecular weight excluding hydrogens is 270 g/mol. The highest BCUT2D eigenvalue weighted by Crippen LogP contribution is 2.38. The zero-order valence-corrected chi connectivity index (χ0v) is 13.2. The molecular formula is C17H26F2N2. The van der Waals surface area contributed by atoms with Crippen molar-refractivity contribution in [3.8, 4) is 0 Å². The highest BCUT2D eigenvalue weighted by molar-refractivity contribution is 5.20. The molecule has 1 aliphatic rings. The minimum absolute atomic E-state index is 0.0741. The van der Waals surface area contributed by atoms with Crippen LogP contribution in [0.1, 0.15) is 38.2 Å². The van der Waals surface area contributed by atoms with E-state index in [1.165, 1.54) is 12.1 Å². The van der Waals surface area contributed by atoms with E-state index in [-0.39, 0.29) is 11.6 Å². The van der Waals surface area contributed by atoms with Gasteiger partial charge in [-0.15, -0.1) is 0 Å². The molecule has 1 aromatic rings. The molecule has 1 atom stereocenters. The van der Waals surface area contributed by atoms with Crippen LogP contribution in [0.5, 0.6) is 0 Å². The van der Waals surface area contributed by atoms with E-state index < -0.39 is 11.6 Å². The highest BCUT2D eigenvalue weighted by Gasteiger charge is 2.41. The second kappa shape index (κ2) is 6.41. The van der Waals surface area contributed by atoms with Crippen molar-refractivity contribution >= 4 is 0 Å². The average molecular weight is 296 g/mol. The van der Waals surface area contributed by atoms with Gasteiger partial charge in [0.1, 0.15) is 11.6 Å². The van der Waals surface area contributed by atoms with Crippen molar-refractivity contribution in [1.29, 1.82) is 0 Å². The van der Waals surface area contributed by atoms with E-state index in [1.54, 1.807) is 0 Å². The molecule has 0 aliphatic heterocycles. The fourth-order valence-electron chi connectivity index (χ4n) is 3.58. The van der Waals surface area contributed by atoms with E-state index >= 15 is 0 Å². The number of hydrogen-bond donors (Lipinski definition) is 1. The van der Waals surface area contributed by atoms with Gasteiger partial charge in [0.25, 0.3) is 0 Å². The van der Waals surface area contributed by atoms with Crippen molar-refractivity contribution in [2.75, 3.05) is 14.1 Å². The Balaban J connectivity index is 2.17. The molecule has 1 aliphatic carbocycles. The third-order valence-electron chi connectivity index (χ3n) is 5.10. The molecule has 2 N–H and O–H groups in total. The molecule has 0 heterocycles. The number of nitrogens with zero attached hydrogens (tertiary/aromatic N) is 1. The van der Waals surface area contributed by atoms with Crippen LogP contribution < -0.4 is 5.73 Å². The van der Waals surface area contributed by atoms with Gasteiger partial charge in [-0.05, 0) is 69.8 Å². The van der Waals surface area contributed by atoms with E-state index in [4.69, 9.17) is 5.73 Å². The second-order valence-electron chi connectivity index (χ2n) is 6.77. The summed E-state index contributed by atoms with van der Waals surface area (Å²) in [6.07, 6.45) is 4.90. The van der Waals surface area contributed by atoms with E-state index in [9.17, 15) is 8.78 Å². The largest absolute Gasteiger partial charge is 0.326 e. The second-order valence-corrected chi connectivity index (χ2v) is 6.77. The van der Waals surface area contributed by atoms with Crippen LogP contribution in [0.2, 0.25) is 0 Å². The molecule has 1 unspecified atom stereocenters. The van der Waals surface area contributed by atoms with Crippen molar-refractivity contribution in [1.82, 2.24) is 4.90 Å². The Hall–Kier alpha value is -1.00. The zero-order chi connectivity index (χ0) is 15.6. The first kappa shape index (κ1) is 16.4. The predicted octanol–water partition coefficient (Wildman–Crippen LogP) is 3.35. The minimum Gasteiger partial charge on any atom is -0.326 e.